The van der Waals surface area contributed by atoms with Gasteiger partial charge in [0.25, 0.3) is 6.43 Å². The Morgan fingerprint density at radius 3 is 2.71 bits per heavy atom. The summed E-state index contributed by atoms with van der Waals surface area (Å²) >= 11 is 5.47. The summed E-state index contributed by atoms with van der Waals surface area (Å²) in [5.74, 6) is 0.0225. The van der Waals surface area contributed by atoms with Crippen molar-refractivity contribution in [2.45, 2.75) is 19.2 Å². The molecule has 0 radical (unpaired) electrons. The maximum atomic E-state index is 12.5. The lowest BCUT2D eigenvalue weighted by molar-refractivity contribution is 0.150. The molecule has 0 aliphatic rings. The Labute approximate surface area is 85.1 Å². The van der Waals surface area contributed by atoms with Gasteiger partial charge in [0, 0.05) is 5.56 Å². The van der Waals surface area contributed by atoms with Crippen molar-refractivity contribution in [3.05, 3.63) is 28.6 Å². The predicted octanol–water partition coefficient (Wildman–Crippen LogP) is 2.94. The van der Waals surface area contributed by atoms with Crippen LogP contribution in [0.15, 0.2) is 6.07 Å². The van der Waals surface area contributed by atoms with Crippen LogP contribution in [0.4, 0.5) is 8.78 Å². The first-order valence-corrected chi connectivity index (χ1v) is 4.38. The molecule has 0 saturated carbocycles. The highest BCUT2D eigenvalue weighted by molar-refractivity contribution is 6.16. The average molecular weight is 217 g/mol. The second-order valence-corrected chi connectivity index (χ2v) is 2.99. The third kappa shape index (κ3) is 1.99. The summed E-state index contributed by atoms with van der Waals surface area (Å²) in [6.45, 7) is 1.45. The van der Waals surface area contributed by atoms with Crippen LogP contribution in [0.1, 0.15) is 28.9 Å². The third-order valence-corrected chi connectivity index (χ3v) is 2.12. The Morgan fingerprint density at radius 2 is 2.29 bits per heavy atom. The van der Waals surface area contributed by atoms with Crippen LogP contribution in [-0.4, -0.2) is 4.98 Å². The normalized spacial score (nSPS) is 10.3. The molecule has 14 heavy (non-hydrogen) atoms. The molecular weight excluding hydrogens is 210 g/mol. The number of hydrogen-bond donors (Lipinski definition) is 0. The van der Waals surface area contributed by atoms with Crippen LogP contribution in [-0.2, 0) is 5.88 Å². The number of pyridine rings is 1. The Hall–Kier alpha value is -1.21. The zero-order valence-corrected chi connectivity index (χ0v) is 8.15. The molecule has 0 unspecified atom stereocenters. The van der Waals surface area contributed by atoms with Gasteiger partial charge in [-0.3, -0.25) is 0 Å². The highest BCUT2D eigenvalue weighted by atomic mass is 35.5. The summed E-state index contributed by atoms with van der Waals surface area (Å²) in [7, 11) is 0. The minimum absolute atomic E-state index is 0.0125. The van der Waals surface area contributed by atoms with E-state index < -0.39 is 6.43 Å². The van der Waals surface area contributed by atoms with Crippen LogP contribution in [0.2, 0.25) is 0 Å². The number of nitrogens with zero attached hydrogens (tertiary/aromatic N) is 2. The Kier molecular flexibility index (Phi) is 3.37. The summed E-state index contributed by atoms with van der Waals surface area (Å²) < 4.78 is 25.0. The van der Waals surface area contributed by atoms with Crippen molar-refractivity contribution in [2.75, 3.05) is 0 Å². The Balaban J connectivity index is 3.36. The SMILES string of the molecule is Cc1c(C(F)F)cc(CCl)nc1C#N. The number of halogens is 3. The standard InChI is InChI=1S/C9H7ClF2N2/c1-5-7(9(11)12)2-6(3-10)14-8(5)4-13/h2,9H,3H2,1H3. The minimum atomic E-state index is -2.60. The summed E-state index contributed by atoms with van der Waals surface area (Å²) in [6.07, 6.45) is -2.60. The minimum Gasteiger partial charge on any atom is -0.241 e. The van der Waals surface area contributed by atoms with E-state index in [4.69, 9.17) is 16.9 Å². The van der Waals surface area contributed by atoms with Gasteiger partial charge in [-0.15, -0.1) is 11.6 Å². The molecule has 5 heteroatoms. The van der Waals surface area contributed by atoms with E-state index in [1.165, 1.54) is 13.0 Å². The number of rotatable bonds is 2. The lowest BCUT2D eigenvalue weighted by Crippen LogP contribution is -2.00. The first kappa shape index (κ1) is 10.9. The van der Waals surface area contributed by atoms with E-state index in [2.05, 4.69) is 4.98 Å². The fraction of sp³-hybridized carbons (Fsp3) is 0.333. The highest BCUT2D eigenvalue weighted by Crippen LogP contribution is 2.25. The van der Waals surface area contributed by atoms with Crippen molar-refractivity contribution >= 4 is 11.6 Å². The van der Waals surface area contributed by atoms with E-state index in [0.717, 1.165) is 0 Å². The van der Waals surface area contributed by atoms with Gasteiger partial charge in [0.15, 0.2) is 0 Å². The van der Waals surface area contributed by atoms with Gasteiger partial charge in [-0.2, -0.15) is 5.26 Å². The fourth-order valence-electron chi connectivity index (χ4n) is 1.09. The summed E-state index contributed by atoms with van der Waals surface area (Å²) in [5, 5.41) is 8.64. The molecule has 2 nitrogen and oxygen atoms in total. The number of aromatic nitrogens is 1. The van der Waals surface area contributed by atoms with Crippen molar-refractivity contribution < 1.29 is 8.78 Å². The van der Waals surface area contributed by atoms with E-state index in [0.29, 0.717) is 5.69 Å². The van der Waals surface area contributed by atoms with Gasteiger partial charge in [0.2, 0.25) is 0 Å². The van der Waals surface area contributed by atoms with Crippen LogP contribution in [0.25, 0.3) is 0 Å². The molecule has 0 aliphatic carbocycles. The summed E-state index contributed by atoms with van der Waals surface area (Å²) in [4.78, 5) is 3.83. The zero-order valence-electron chi connectivity index (χ0n) is 7.39. The predicted molar refractivity (Wildman–Crippen MR) is 48.2 cm³/mol. The van der Waals surface area contributed by atoms with Crippen molar-refractivity contribution in [1.82, 2.24) is 4.98 Å². The molecule has 74 valence electrons. The van der Waals surface area contributed by atoms with Crippen LogP contribution >= 0.6 is 11.6 Å². The molecule has 1 heterocycles. The molecule has 1 aromatic heterocycles. The lowest BCUT2D eigenvalue weighted by atomic mass is 10.1. The van der Waals surface area contributed by atoms with E-state index >= 15 is 0 Å². The molecule has 0 N–H and O–H groups in total. The van der Waals surface area contributed by atoms with Gasteiger partial charge in [-0.05, 0) is 18.6 Å². The highest BCUT2D eigenvalue weighted by Gasteiger charge is 2.15. The van der Waals surface area contributed by atoms with E-state index in [1.807, 2.05) is 0 Å². The monoisotopic (exact) mass is 216 g/mol. The third-order valence-electron chi connectivity index (χ3n) is 1.84. The van der Waals surface area contributed by atoms with Gasteiger partial charge in [-0.1, -0.05) is 0 Å². The van der Waals surface area contributed by atoms with Crippen LogP contribution in [0.3, 0.4) is 0 Å². The first-order valence-electron chi connectivity index (χ1n) is 3.84. The van der Waals surface area contributed by atoms with Crippen molar-refractivity contribution in [3.63, 3.8) is 0 Å². The van der Waals surface area contributed by atoms with Gasteiger partial charge < -0.3 is 0 Å². The maximum absolute atomic E-state index is 12.5. The van der Waals surface area contributed by atoms with E-state index in [-0.39, 0.29) is 22.7 Å². The molecule has 0 aromatic carbocycles. The molecule has 0 atom stereocenters. The topological polar surface area (TPSA) is 36.7 Å². The van der Waals surface area contributed by atoms with Crippen molar-refractivity contribution in [3.8, 4) is 6.07 Å². The second kappa shape index (κ2) is 4.34. The number of alkyl halides is 3. The Morgan fingerprint density at radius 1 is 1.64 bits per heavy atom. The van der Waals surface area contributed by atoms with Gasteiger partial charge in [-0.25, -0.2) is 13.8 Å². The quantitative estimate of drug-likeness (QED) is 0.713. The van der Waals surface area contributed by atoms with Crippen LogP contribution < -0.4 is 0 Å². The maximum Gasteiger partial charge on any atom is 0.264 e. The second-order valence-electron chi connectivity index (χ2n) is 2.72. The van der Waals surface area contributed by atoms with Gasteiger partial charge >= 0.3 is 0 Å². The van der Waals surface area contributed by atoms with Gasteiger partial charge in [0.1, 0.15) is 11.8 Å². The zero-order chi connectivity index (χ0) is 10.7. The molecular formula is C9H7ClF2N2. The van der Waals surface area contributed by atoms with Gasteiger partial charge in [0.05, 0.1) is 11.6 Å². The van der Waals surface area contributed by atoms with E-state index in [9.17, 15) is 8.78 Å². The summed E-state index contributed by atoms with van der Waals surface area (Å²) in [5.41, 5.74) is 0.353. The van der Waals surface area contributed by atoms with Crippen molar-refractivity contribution in [2.24, 2.45) is 0 Å². The largest absolute Gasteiger partial charge is 0.264 e. The Bertz CT molecular complexity index is 385. The molecule has 0 saturated heterocycles. The van der Waals surface area contributed by atoms with Crippen LogP contribution in [0, 0.1) is 18.3 Å². The molecule has 1 rings (SSSR count). The fourth-order valence-corrected chi connectivity index (χ4v) is 1.23. The molecule has 0 bridgehead atoms. The molecule has 0 amide bonds. The number of hydrogen-bond acceptors (Lipinski definition) is 2. The smallest absolute Gasteiger partial charge is 0.241 e. The first-order chi connectivity index (χ1) is 6.60. The number of nitriles is 1. The van der Waals surface area contributed by atoms with Crippen molar-refractivity contribution in [1.29, 1.82) is 5.26 Å². The molecule has 0 fully saturated rings. The summed E-state index contributed by atoms with van der Waals surface area (Å²) in [6, 6.07) is 2.99. The van der Waals surface area contributed by atoms with E-state index in [1.54, 1.807) is 6.07 Å². The lowest BCUT2D eigenvalue weighted by Gasteiger charge is -2.07. The molecule has 0 spiro atoms. The average Bonchev–Trinajstić information content (AvgIpc) is 2.17. The molecule has 1 aromatic rings. The van der Waals surface area contributed by atoms with Crippen LogP contribution in [0.5, 0.6) is 0 Å². The molecule has 0 aliphatic heterocycles.